The Bertz CT molecular complexity index is 1240. The summed E-state index contributed by atoms with van der Waals surface area (Å²) >= 11 is 0. The number of hydrogen-bond donors (Lipinski definition) is 8. The van der Waals surface area contributed by atoms with Crippen molar-refractivity contribution in [1.29, 1.82) is 0 Å². The monoisotopic (exact) mass is 693 g/mol. The van der Waals surface area contributed by atoms with Gasteiger partial charge in [-0.1, -0.05) is 33.8 Å². The highest BCUT2D eigenvalue weighted by atomic mass is 16.5. The van der Waals surface area contributed by atoms with Gasteiger partial charge in [-0.2, -0.15) is 0 Å². The van der Waals surface area contributed by atoms with Crippen LogP contribution in [0.3, 0.4) is 0 Å². The van der Waals surface area contributed by atoms with Gasteiger partial charge in [-0.25, -0.2) is 4.79 Å². The van der Waals surface area contributed by atoms with Crippen molar-refractivity contribution in [3.63, 3.8) is 0 Å². The molecule has 0 bridgehead atoms. The van der Waals surface area contributed by atoms with Gasteiger partial charge in [0.15, 0.2) is 6.61 Å². The maximum atomic E-state index is 13.4. The average molecular weight is 694 g/mol. The first-order valence-electron chi connectivity index (χ1n) is 16.8. The summed E-state index contributed by atoms with van der Waals surface area (Å²) in [7, 11) is 0. The first kappa shape index (κ1) is 43.1. The smallest absolute Gasteiger partial charge is 0.312 e. The van der Waals surface area contributed by atoms with E-state index < -0.39 is 35.8 Å². The molecule has 0 aliphatic carbocycles. The normalized spacial score (nSPS) is 12.9. The lowest BCUT2D eigenvalue weighted by atomic mass is 9.90. The predicted molar refractivity (Wildman–Crippen MR) is 187 cm³/mol. The fraction of sp³-hybridized carbons (Fsp3) is 0.676. The van der Waals surface area contributed by atoms with Crippen LogP contribution < -0.4 is 42.8 Å². The van der Waals surface area contributed by atoms with Crippen molar-refractivity contribution in [2.75, 3.05) is 38.2 Å². The molecular formula is C34H59N7O8. The molecule has 10 N–H and O–H groups in total. The Morgan fingerprint density at radius 2 is 1.61 bits per heavy atom. The highest BCUT2D eigenvalue weighted by Crippen LogP contribution is 2.25. The van der Waals surface area contributed by atoms with E-state index in [-0.39, 0.29) is 54.8 Å². The molecule has 6 amide bonds. The minimum absolute atomic E-state index is 0.0177. The molecule has 0 spiro atoms. The van der Waals surface area contributed by atoms with Gasteiger partial charge in [-0.05, 0) is 69.9 Å². The molecular weight excluding hydrogens is 634 g/mol. The molecule has 0 aliphatic heterocycles. The maximum Gasteiger partial charge on any atom is 0.312 e. The lowest BCUT2D eigenvalue weighted by Gasteiger charge is -2.29. The number of nitrogens with one attached hydrogen (secondary N) is 5. The SMILES string of the molecule is CC(=O)NC(C(=O)N[C@@H](CCCNC(N)=O)C(=O)Nc1ccc(CO)c(OCC(=O)NCCCC(C)(C)OCCC(C)(C)CN)c1)C(C)C. The number of amides is 6. The number of urea groups is 1. The van der Waals surface area contributed by atoms with Gasteiger partial charge in [0.25, 0.3) is 5.91 Å². The summed E-state index contributed by atoms with van der Waals surface area (Å²) in [6, 6.07) is 1.97. The number of hydrogen-bond acceptors (Lipinski definition) is 9. The van der Waals surface area contributed by atoms with Crippen LogP contribution in [0.1, 0.15) is 86.1 Å². The third-order valence-corrected chi connectivity index (χ3v) is 7.88. The van der Waals surface area contributed by atoms with Gasteiger partial charge < -0.3 is 52.6 Å². The minimum Gasteiger partial charge on any atom is -0.483 e. The van der Waals surface area contributed by atoms with Crippen LogP contribution in [0.5, 0.6) is 5.75 Å². The molecule has 0 heterocycles. The molecule has 278 valence electrons. The summed E-state index contributed by atoms with van der Waals surface area (Å²) in [6.45, 7) is 14.2. The number of primary amides is 1. The first-order chi connectivity index (χ1) is 22.9. The highest BCUT2D eigenvalue weighted by Gasteiger charge is 2.28. The molecule has 15 heteroatoms. The first-order valence-corrected chi connectivity index (χ1v) is 16.8. The number of aliphatic hydroxyl groups excluding tert-OH is 1. The lowest BCUT2D eigenvalue weighted by Crippen LogP contribution is -2.54. The van der Waals surface area contributed by atoms with Crippen LogP contribution in [0.2, 0.25) is 0 Å². The quantitative estimate of drug-likeness (QED) is 0.0777. The van der Waals surface area contributed by atoms with Gasteiger partial charge in [0.05, 0.1) is 12.2 Å². The number of benzene rings is 1. The molecule has 0 saturated carbocycles. The molecule has 0 saturated heterocycles. The maximum absolute atomic E-state index is 13.4. The predicted octanol–water partition coefficient (Wildman–Crippen LogP) is 1.66. The molecule has 2 atom stereocenters. The van der Waals surface area contributed by atoms with Crippen molar-refractivity contribution in [3.8, 4) is 5.75 Å². The van der Waals surface area contributed by atoms with Crippen LogP contribution in [0.4, 0.5) is 10.5 Å². The van der Waals surface area contributed by atoms with Crippen molar-refractivity contribution in [2.45, 2.75) is 105 Å². The Hall–Kier alpha value is -3.95. The van der Waals surface area contributed by atoms with Gasteiger partial charge in [-0.15, -0.1) is 0 Å². The molecule has 0 fully saturated rings. The van der Waals surface area contributed by atoms with E-state index in [2.05, 4.69) is 40.4 Å². The van der Waals surface area contributed by atoms with E-state index >= 15 is 0 Å². The van der Waals surface area contributed by atoms with Gasteiger partial charge in [0.1, 0.15) is 17.8 Å². The standard InChI is InChI=1S/C34H59N7O8/c1-22(2)29(39-23(3)43)31(46)41-26(10-8-15-38-32(36)47)30(45)40-25-12-11-24(19-42)27(18-25)48-20-28(44)37-16-9-13-34(6,7)49-17-14-33(4,5)21-35/h11-12,18,22,26,29,42H,8-10,13-17,19-21,35H2,1-7H3,(H,37,44)(H,39,43)(H,40,45)(H,41,46)(H3,36,38,47)/t26-,29?/m0/s1. The van der Waals surface area contributed by atoms with E-state index in [0.29, 0.717) is 43.8 Å². The fourth-order valence-corrected chi connectivity index (χ4v) is 4.64. The van der Waals surface area contributed by atoms with Crippen LogP contribution in [0.15, 0.2) is 18.2 Å². The Morgan fingerprint density at radius 3 is 2.20 bits per heavy atom. The largest absolute Gasteiger partial charge is 0.483 e. The Kier molecular flexibility index (Phi) is 18.6. The van der Waals surface area contributed by atoms with Crippen LogP contribution in [-0.4, -0.2) is 85.3 Å². The van der Waals surface area contributed by atoms with E-state index in [1.54, 1.807) is 26.0 Å². The number of ether oxygens (including phenoxy) is 2. The van der Waals surface area contributed by atoms with E-state index in [1.807, 2.05) is 13.8 Å². The Balaban J connectivity index is 2.82. The number of nitrogens with two attached hydrogens (primary N) is 2. The third-order valence-electron chi connectivity index (χ3n) is 7.88. The summed E-state index contributed by atoms with van der Waals surface area (Å²) in [5.41, 5.74) is 11.3. The zero-order valence-electron chi connectivity index (χ0n) is 30.2. The summed E-state index contributed by atoms with van der Waals surface area (Å²) in [5, 5.41) is 23.1. The van der Waals surface area contributed by atoms with Gasteiger partial charge in [-0.3, -0.25) is 19.2 Å². The van der Waals surface area contributed by atoms with E-state index in [4.69, 9.17) is 20.9 Å². The van der Waals surface area contributed by atoms with Gasteiger partial charge in [0, 0.05) is 43.9 Å². The van der Waals surface area contributed by atoms with Gasteiger partial charge in [0.2, 0.25) is 17.7 Å². The molecule has 0 aliphatic rings. The number of carbonyl (C=O) groups is 5. The third kappa shape index (κ3) is 17.9. The topological polar surface area (TPSA) is 236 Å². The van der Waals surface area contributed by atoms with Crippen molar-refractivity contribution >= 4 is 35.3 Å². The van der Waals surface area contributed by atoms with E-state index in [9.17, 15) is 29.1 Å². The highest BCUT2D eigenvalue weighted by molar-refractivity contribution is 5.98. The Morgan fingerprint density at radius 1 is 0.939 bits per heavy atom. The molecule has 0 radical (unpaired) electrons. The van der Waals surface area contributed by atoms with Crippen LogP contribution >= 0.6 is 0 Å². The molecule has 1 unspecified atom stereocenters. The van der Waals surface area contributed by atoms with Crippen molar-refractivity contribution in [3.05, 3.63) is 23.8 Å². The van der Waals surface area contributed by atoms with E-state index in [1.165, 1.54) is 13.0 Å². The van der Waals surface area contributed by atoms with Crippen LogP contribution in [0, 0.1) is 11.3 Å². The van der Waals surface area contributed by atoms with Gasteiger partial charge >= 0.3 is 6.03 Å². The zero-order valence-corrected chi connectivity index (χ0v) is 30.2. The second-order valence-corrected chi connectivity index (χ2v) is 13.9. The molecule has 1 rings (SSSR count). The average Bonchev–Trinajstić information content (AvgIpc) is 3.01. The summed E-state index contributed by atoms with van der Waals surface area (Å²) < 4.78 is 11.7. The summed E-state index contributed by atoms with van der Waals surface area (Å²) in [5.74, 6) is -1.90. The van der Waals surface area contributed by atoms with Crippen LogP contribution in [-0.2, 0) is 30.5 Å². The molecule has 15 nitrogen and oxygen atoms in total. The molecule has 1 aromatic carbocycles. The Labute approximate surface area is 290 Å². The van der Waals surface area contributed by atoms with Crippen molar-refractivity contribution < 1.29 is 38.6 Å². The molecule has 1 aromatic rings. The lowest BCUT2D eigenvalue weighted by molar-refractivity contribution is -0.131. The zero-order chi connectivity index (χ0) is 37.2. The van der Waals surface area contributed by atoms with Crippen molar-refractivity contribution in [1.82, 2.24) is 21.3 Å². The van der Waals surface area contributed by atoms with Crippen molar-refractivity contribution in [2.24, 2.45) is 22.8 Å². The molecule has 0 aromatic heterocycles. The number of anilines is 1. The second kappa shape index (κ2) is 21.2. The fourth-order valence-electron chi connectivity index (χ4n) is 4.64. The number of rotatable bonds is 23. The summed E-state index contributed by atoms with van der Waals surface area (Å²) in [6.07, 6.45) is 2.76. The second-order valence-electron chi connectivity index (χ2n) is 13.9. The minimum atomic E-state index is -1.03. The molecule has 49 heavy (non-hydrogen) atoms. The van der Waals surface area contributed by atoms with E-state index in [0.717, 1.165) is 12.8 Å². The number of carbonyl (C=O) groups excluding carboxylic acids is 5. The summed E-state index contributed by atoms with van der Waals surface area (Å²) in [4.78, 5) is 61.7. The van der Waals surface area contributed by atoms with Crippen LogP contribution in [0.25, 0.3) is 0 Å². The number of aliphatic hydroxyl groups is 1.